The highest BCUT2D eigenvalue weighted by Gasteiger charge is 2.56. The monoisotopic (exact) mass is 563 g/mol. The second-order valence-corrected chi connectivity index (χ2v) is 11.4. The van der Waals surface area contributed by atoms with Crippen LogP contribution in [0, 0.1) is 39.7 Å². The molecule has 3 aromatic carbocycles. The van der Waals surface area contributed by atoms with Crippen LogP contribution in [0.5, 0.6) is 11.5 Å². The van der Waals surface area contributed by atoms with E-state index in [4.69, 9.17) is 9.47 Å². The van der Waals surface area contributed by atoms with E-state index in [0.29, 0.717) is 41.1 Å². The Bertz CT molecular complexity index is 1710. The molecule has 42 heavy (non-hydrogen) atoms. The standard InChI is InChI=1S/C32H29N5O5/c1-32(2,3)42-31(38)36-17-26-24(27(26)18-36)14-9-20-15-28-25(16-29(20)37(39)40)30(34-19-33-28)35-21-10-12-23(13-11-21)41-22-7-5-4-6-8-22/h4-8,10-13,15-16,19,24,26-27H,17-18H2,1-3H3,(H,33,34,35)/t24?,26-,27+. The van der Waals surface area contributed by atoms with E-state index in [-0.39, 0.29) is 29.5 Å². The molecule has 1 saturated heterocycles. The van der Waals surface area contributed by atoms with Crippen molar-refractivity contribution in [2.75, 3.05) is 18.4 Å². The average Bonchev–Trinajstić information content (AvgIpc) is 3.39. The van der Waals surface area contributed by atoms with Gasteiger partial charge in [-0.15, -0.1) is 0 Å². The minimum absolute atomic E-state index is 0.0930. The van der Waals surface area contributed by atoms with Crippen molar-refractivity contribution in [3.05, 3.63) is 88.7 Å². The van der Waals surface area contributed by atoms with Crippen LogP contribution < -0.4 is 10.1 Å². The molecule has 1 aromatic heterocycles. The lowest BCUT2D eigenvalue weighted by Crippen LogP contribution is -2.37. The molecule has 4 aromatic rings. The van der Waals surface area contributed by atoms with Crippen LogP contribution in [0.25, 0.3) is 10.9 Å². The summed E-state index contributed by atoms with van der Waals surface area (Å²) in [6.07, 6.45) is 1.10. The van der Waals surface area contributed by atoms with Gasteiger partial charge < -0.3 is 19.7 Å². The van der Waals surface area contributed by atoms with E-state index in [0.717, 1.165) is 11.4 Å². The molecule has 0 bridgehead atoms. The predicted molar refractivity (Wildman–Crippen MR) is 158 cm³/mol. The highest BCUT2D eigenvalue weighted by Crippen LogP contribution is 2.51. The van der Waals surface area contributed by atoms with E-state index < -0.39 is 10.5 Å². The molecule has 0 spiro atoms. The number of carbonyl (C=O) groups excluding carboxylic acids is 1. The lowest BCUT2D eigenvalue weighted by molar-refractivity contribution is -0.385. The first-order valence-corrected chi connectivity index (χ1v) is 13.7. The SMILES string of the molecule is CC(C)(C)OC(=O)N1C[C@@H]2C(C#Cc3cc4ncnc(Nc5ccc(Oc6ccccc6)cc5)c4cc3[N+](=O)[O-])[C@@H]2C1. The second kappa shape index (κ2) is 10.7. The fraction of sp³-hybridized carbons (Fsp3) is 0.281. The molecule has 212 valence electrons. The van der Waals surface area contributed by atoms with Gasteiger partial charge in [-0.25, -0.2) is 14.8 Å². The highest BCUT2D eigenvalue weighted by molar-refractivity contribution is 5.93. The zero-order valence-electron chi connectivity index (χ0n) is 23.4. The second-order valence-electron chi connectivity index (χ2n) is 11.4. The molecule has 1 N–H and O–H groups in total. The first kappa shape index (κ1) is 27.0. The Hall–Kier alpha value is -5.17. The van der Waals surface area contributed by atoms with Crippen LogP contribution in [0.3, 0.4) is 0 Å². The van der Waals surface area contributed by atoms with Crippen LogP contribution in [0.15, 0.2) is 73.1 Å². The molecule has 2 fully saturated rings. The minimum Gasteiger partial charge on any atom is -0.457 e. The Morgan fingerprint density at radius 3 is 2.38 bits per heavy atom. The van der Waals surface area contributed by atoms with Crippen molar-refractivity contribution in [1.29, 1.82) is 0 Å². The minimum atomic E-state index is -0.543. The molecule has 1 saturated carbocycles. The molecule has 2 heterocycles. The number of nitro benzene ring substituents is 1. The van der Waals surface area contributed by atoms with Crippen molar-refractivity contribution >= 4 is 34.2 Å². The number of hydrogen-bond acceptors (Lipinski definition) is 8. The van der Waals surface area contributed by atoms with Gasteiger partial charge in [0.1, 0.15) is 34.8 Å². The molecule has 2 aliphatic rings. The number of carbonyl (C=O) groups is 1. The first-order chi connectivity index (χ1) is 20.1. The van der Waals surface area contributed by atoms with Crippen LogP contribution in [0.4, 0.5) is 22.0 Å². The fourth-order valence-electron chi connectivity index (χ4n) is 5.19. The number of nitrogens with zero attached hydrogens (tertiary/aromatic N) is 4. The third-order valence-corrected chi connectivity index (χ3v) is 7.26. The third kappa shape index (κ3) is 5.81. The summed E-state index contributed by atoms with van der Waals surface area (Å²) < 4.78 is 11.3. The van der Waals surface area contributed by atoms with Gasteiger partial charge in [0.25, 0.3) is 5.69 Å². The summed E-state index contributed by atoms with van der Waals surface area (Å²) in [6.45, 7) is 6.70. The maximum Gasteiger partial charge on any atom is 0.410 e. The van der Waals surface area contributed by atoms with Gasteiger partial charge in [-0.2, -0.15) is 0 Å². The van der Waals surface area contributed by atoms with Gasteiger partial charge in [0.2, 0.25) is 0 Å². The number of fused-ring (bicyclic) bond motifs is 2. The molecular weight excluding hydrogens is 534 g/mol. The number of likely N-dealkylation sites (tertiary alicyclic amines) is 1. The summed E-state index contributed by atoms with van der Waals surface area (Å²) in [7, 11) is 0. The molecule has 10 nitrogen and oxygen atoms in total. The van der Waals surface area contributed by atoms with E-state index in [1.165, 1.54) is 12.4 Å². The molecule has 3 atom stereocenters. The molecule has 1 amide bonds. The third-order valence-electron chi connectivity index (χ3n) is 7.26. The van der Waals surface area contributed by atoms with Gasteiger partial charge in [0, 0.05) is 36.1 Å². The van der Waals surface area contributed by atoms with Crippen molar-refractivity contribution in [2.24, 2.45) is 17.8 Å². The van der Waals surface area contributed by atoms with Crippen LogP contribution in [-0.4, -0.2) is 44.6 Å². The van der Waals surface area contributed by atoms with Crippen LogP contribution >= 0.6 is 0 Å². The zero-order valence-corrected chi connectivity index (χ0v) is 23.4. The van der Waals surface area contributed by atoms with Gasteiger partial charge in [0.15, 0.2) is 0 Å². The Labute approximate surface area is 242 Å². The Kier molecular flexibility index (Phi) is 6.86. The summed E-state index contributed by atoms with van der Waals surface area (Å²) in [5, 5.41) is 15.8. The fourth-order valence-corrected chi connectivity index (χ4v) is 5.19. The number of benzene rings is 3. The maximum atomic E-state index is 12.4. The smallest absolute Gasteiger partial charge is 0.410 e. The molecule has 1 aliphatic heterocycles. The highest BCUT2D eigenvalue weighted by atomic mass is 16.6. The predicted octanol–water partition coefficient (Wildman–Crippen LogP) is 6.54. The lowest BCUT2D eigenvalue weighted by Gasteiger charge is -2.25. The number of nitro groups is 1. The van der Waals surface area contributed by atoms with Crippen molar-refractivity contribution in [1.82, 2.24) is 14.9 Å². The van der Waals surface area contributed by atoms with Gasteiger partial charge in [0.05, 0.1) is 10.4 Å². The van der Waals surface area contributed by atoms with Crippen molar-refractivity contribution in [3.8, 4) is 23.3 Å². The molecule has 6 rings (SSSR count). The van der Waals surface area contributed by atoms with Crippen molar-refractivity contribution in [3.63, 3.8) is 0 Å². The maximum absolute atomic E-state index is 12.4. The number of ether oxygens (including phenoxy) is 2. The summed E-state index contributed by atoms with van der Waals surface area (Å²) in [5.41, 5.74) is 0.925. The lowest BCUT2D eigenvalue weighted by atomic mass is 10.1. The van der Waals surface area contributed by atoms with Gasteiger partial charge in [-0.1, -0.05) is 30.0 Å². The number of rotatable bonds is 5. The topological polar surface area (TPSA) is 120 Å². The Morgan fingerprint density at radius 2 is 1.71 bits per heavy atom. The van der Waals surface area contributed by atoms with Crippen molar-refractivity contribution < 1.29 is 19.2 Å². The summed E-state index contributed by atoms with van der Waals surface area (Å²) >= 11 is 0. The molecular formula is C32H29N5O5. The number of piperidine rings is 1. The van der Waals surface area contributed by atoms with E-state index in [2.05, 4.69) is 27.1 Å². The average molecular weight is 564 g/mol. The Morgan fingerprint density at radius 1 is 1.02 bits per heavy atom. The molecule has 1 aliphatic carbocycles. The molecule has 10 heteroatoms. The first-order valence-electron chi connectivity index (χ1n) is 13.7. The number of aromatic nitrogens is 2. The largest absolute Gasteiger partial charge is 0.457 e. The quantitative estimate of drug-likeness (QED) is 0.165. The van der Waals surface area contributed by atoms with Crippen LogP contribution in [-0.2, 0) is 4.74 Å². The van der Waals surface area contributed by atoms with Crippen LogP contribution in [0.2, 0.25) is 0 Å². The van der Waals surface area contributed by atoms with E-state index >= 15 is 0 Å². The summed E-state index contributed by atoms with van der Waals surface area (Å²) in [6, 6.07) is 19.9. The van der Waals surface area contributed by atoms with E-state index in [9.17, 15) is 14.9 Å². The Balaban J connectivity index is 1.17. The summed E-state index contributed by atoms with van der Waals surface area (Å²) in [4.78, 5) is 34.3. The number of amides is 1. The van der Waals surface area contributed by atoms with E-state index in [1.807, 2.05) is 75.4 Å². The van der Waals surface area contributed by atoms with E-state index in [1.54, 1.807) is 11.0 Å². The van der Waals surface area contributed by atoms with Gasteiger partial charge >= 0.3 is 6.09 Å². The normalized spacial score (nSPS) is 18.9. The zero-order chi connectivity index (χ0) is 29.4. The number of anilines is 2. The van der Waals surface area contributed by atoms with Gasteiger partial charge in [-0.05, 0) is 75.1 Å². The number of hydrogen-bond donors (Lipinski definition) is 1. The number of para-hydroxylation sites is 1. The van der Waals surface area contributed by atoms with Crippen molar-refractivity contribution in [2.45, 2.75) is 26.4 Å². The summed E-state index contributed by atoms with van der Waals surface area (Å²) in [5.74, 6) is 8.71. The molecule has 0 radical (unpaired) electrons. The number of nitrogens with one attached hydrogen (secondary N) is 1. The molecule has 1 unspecified atom stereocenters. The van der Waals surface area contributed by atoms with Gasteiger partial charge in [-0.3, -0.25) is 10.1 Å². The van der Waals surface area contributed by atoms with Crippen LogP contribution in [0.1, 0.15) is 26.3 Å².